The average Bonchev–Trinajstić information content (AvgIpc) is 2.78. The topological polar surface area (TPSA) is 46.3 Å². The summed E-state index contributed by atoms with van der Waals surface area (Å²) in [5, 5.41) is 0. The first-order valence-electron chi connectivity index (χ1n) is 6.32. The van der Waals surface area contributed by atoms with Crippen LogP contribution in [0.25, 0.3) is 0 Å². The maximum absolute atomic E-state index is 12.2. The molecule has 0 radical (unpaired) electrons. The van der Waals surface area contributed by atoms with Gasteiger partial charge < -0.3 is 10.6 Å². The minimum atomic E-state index is 0.208. The maximum atomic E-state index is 12.2. The van der Waals surface area contributed by atoms with Crippen molar-refractivity contribution in [1.29, 1.82) is 0 Å². The van der Waals surface area contributed by atoms with E-state index in [9.17, 15) is 4.79 Å². The smallest absolute Gasteiger partial charge is 0.223 e. The van der Waals surface area contributed by atoms with Crippen molar-refractivity contribution in [2.75, 3.05) is 13.1 Å². The lowest BCUT2D eigenvalue weighted by molar-refractivity contribution is -0.132. The first kappa shape index (κ1) is 15.7. The Morgan fingerprint density at radius 1 is 1.50 bits per heavy atom. The second-order valence-electron chi connectivity index (χ2n) is 4.33. The van der Waals surface area contributed by atoms with Crippen molar-refractivity contribution in [2.45, 2.75) is 33.2 Å². The fraction of sp³-hybridized carbons (Fsp3) is 0.615. The first-order valence-corrected chi connectivity index (χ1v) is 7.93. The van der Waals surface area contributed by atoms with Gasteiger partial charge in [0, 0.05) is 17.8 Å². The number of carbonyl (C=O) groups excluding carboxylic acids is 1. The third-order valence-electron chi connectivity index (χ3n) is 3.08. The summed E-state index contributed by atoms with van der Waals surface area (Å²) in [4.78, 5) is 15.3. The van der Waals surface area contributed by atoms with Crippen molar-refractivity contribution in [1.82, 2.24) is 4.90 Å². The summed E-state index contributed by atoms with van der Waals surface area (Å²) in [6.45, 7) is 6.13. The Morgan fingerprint density at radius 2 is 2.22 bits per heavy atom. The summed E-state index contributed by atoms with van der Waals surface area (Å²) in [6, 6.07) is 4.08. The minimum absolute atomic E-state index is 0.208. The number of hydrogen-bond donors (Lipinski definition) is 1. The Hall–Kier alpha value is -0.390. The Morgan fingerprint density at radius 3 is 2.67 bits per heavy atom. The minimum Gasteiger partial charge on any atom is -0.338 e. The summed E-state index contributed by atoms with van der Waals surface area (Å²) < 4.78 is 1.11. The lowest BCUT2D eigenvalue weighted by Crippen LogP contribution is -2.32. The zero-order valence-corrected chi connectivity index (χ0v) is 13.4. The van der Waals surface area contributed by atoms with Crippen LogP contribution in [0.1, 0.15) is 31.6 Å². The summed E-state index contributed by atoms with van der Waals surface area (Å²) in [6.07, 6.45) is 1.53. The summed E-state index contributed by atoms with van der Waals surface area (Å²) in [7, 11) is 0. The number of nitrogens with zero attached hydrogens (tertiary/aromatic N) is 1. The van der Waals surface area contributed by atoms with Gasteiger partial charge in [-0.05, 0) is 47.4 Å². The van der Waals surface area contributed by atoms with Crippen LogP contribution in [0.2, 0.25) is 0 Å². The number of nitrogens with two attached hydrogens (primary N) is 1. The van der Waals surface area contributed by atoms with E-state index in [0.717, 1.165) is 16.8 Å². The molecule has 0 saturated carbocycles. The van der Waals surface area contributed by atoms with E-state index in [2.05, 4.69) is 28.9 Å². The predicted octanol–water partition coefficient (Wildman–Crippen LogP) is 3.23. The molecule has 3 nitrogen and oxygen atoms in total. The van der Waals surface area contributed by atoms with E-state index >= 15 is 0 Å². The molecule has 0 bridgehead atoms. The van der Waals surface area contributed by atoms with Gasteiger partial charge in [-0.1, -0.05) is 13.3 Å². The zero-order valence-electron chi connectivity index (χ0n) is 11.0. The molecule has 0 aliphatic carbocycles. The lowest BCUT2D eigenvalue weighted by atomic mass is 10.0. The van der Waals surface area contributed by atoms with Gasteiger partial charge in [0.25, 0.3) is 0 Å². The number of thiophene rings is 1. The summed E-state index contributed by atoms with van der Waals surface area (Å²) in [5.74, 6) is 0.515. The van der Waals surface area contributed by atoms with Gasteiger partial charge >= 0.3 is 0 Å². The second-order valence-corrected chi connectivity index (χ2v) is 6.88. The zero-order chi connectivity index (χ0) is 13.5. The van der Waals surface area contributed by atoms with E-state index in [1.165, 1.54) is 4.88 Å². The molecule has 1 amide bonds. The molecule has 0 saturated heterocycles. The van der Waals surface area contributed by atoms with Crippen LogP contribution in [0.4, 0.5) is 0 Å². The van der Waals surface area contributed by atoms with Gasteiger partial charge in [0.15, 0.2) is 0 Å². The van der Waals surface area contributed by atoms with E-state index < -0.39 is 0 Å². The van der Waals surface area contributed by atoms with Crippen molar-refractivity contribution in [3.05, 3.63) is 20.8 Å². The van der Waals surface area contributed by atoms with Crippen molar-refractivity contribution in [2.24, 2.45) is 11.7 Å². The van der Waals surface area contributed by atoms with E-state index in [-0.39, 0.29) is 5.91 Å². The van der Waals surface area contributed by atoms with Crippen LogP contribution in [0.15, 0.2) is 15.9 Å². The van der Waals surface area contributed by atoms with Crippen LogP contribution < -0.4 is 5.73 Å². The lowest BCUT2D eigenvalue weighted by Gasteiger charge is -2.22. The molecule has 0 aliphatic heterocycles. The predicted molar refractivity (Wildman–Crippen MR) is 80.6 cm³/mol. The molecule has 1 rings (SSSR count). The van der Waals surface area contributed by atoms with Crippen molar-refractivity contribution >= 4 is 33.2 Å². The summed E-state index contributed by atoms with van der Waals surface area (Å²) in [5.41, 5.74) is 5.65. The SMILES string of the molecule is CCC(CN)CC(=O)N(CC)Cc1ccc(Br)s1. The molecule has 18 heavy (non-hydrogen) atoms. The Bertz CT molecular complexity index is 377. The van der Waals surface area contributed by atoms with Crippen LogP contribution in [-0.2, 0) is 11.3 Å². The molecule has 1 aromatic heterocycles. The van der Waals surface area contributed by atoms with E-state index in [1.807, 2.05) is 17.9 Å². The quantitative estimate of drug-likeness (QED) is 0.833. The molecule has 0 aromatic carbocycles. The molecule has 102 valence electrons. The number of rotatable bonds is 7. The van der Waals surface area contributed by atoms with Gasteiger partial charge in [-0.2, -0.15) is 0 Å². The molecule has 1 aromatic rings. The Labute approximate surface area is 121 Å². The van der Waals surface area contributed by atoms with Gasteiger partial charge in [0.2, 0.25) is 5.91 Å². The molecular formula is C13H21BrN2OS. The van der Waals surface area contributed by atoms with Gasteiger partial charge in [0.05, 0.1) is 10.3 Å². The highest BCUT2D eigenvalue weighted by Crippen LogP contribution is 2.23. The fourth-order valence-corrected chi connectivity index (χ4v) is 3.27. The van der Waals surface area contributed by atoms with Crippen molar-refractivity contribution in [3.8, 4) is 0 Å². The highest BCUT2D eigenvalue weighted by molar-refractivity contribution is 9.11. The Balaban J connectivity index is 2.57. The van der Waals surface area contributed by atoms with Crippen LogP contribution in [0.5, 0.6) is 0 Å². The highest BCUT2D eigenvalue weighted by atomic mass is 79.9. The molecule has 0 spiro atoms. The second kappa shape index (κ2) is 7.92. The highest BCUT2D eigenvalue weighted by Gasteiger charge is 2.17. The third-order valence-corrected chi connectivity index (χ3v) is 4.69. The molecule has 1 atom stereocenters. The normalized spacial score (nSPS) is 12.4. The maximum Gasteiger partial charge on any atom is 0.223 e. The van der Waals surface area contributed by atoms with E-state index in [1.54, 1.807) is 11.3 Å². The molecule has 0 fully saturated rings. The number of halogens is 1. The molecule has 0 aliphatic rings. The van der Waals surface area contributed by atoms with Gasteiger partial charge in [-0.15, -0.1) is 11.3 Å². The first-order chi connectivity index (χ1) is 8.60. The van der Waals surface area contributed by atoms with Crippen LogP contribution in [-0.4, -0.2) is 23.9 Å². The number of carbonyl (C=O) groups is 1. The number of hydrogen-bond acceptors (Lipinski definition) is 3. The largest absolute Gasteiger partial charge is 0.338 e. The average molecular weight is 333 g/mol. The van der Waals surface area contributed by atoms with Gasteiger partial charge in [-0.3, -0.25) is 4.79 Å². The van der Waals surface area contributed by atoms with Crippen LogP contribution in [0.3, 0.4) is 0 Å². The molecule has 1 heterocycles. The molecule has 1 unspecified atom stereocenters. The van der Waals surface area contributed by atoms with E-state index in [0.29, 0.717) is 25.4 Å². The fourth-order valence-electron chi connectivity index (χ4n) is 1.77. The van der Waals surface area contributed by atoms with Gasteiger partial charge in [-0.25, -0.2) is 0 Å². The van der Waals surface area contributed by atoms with Crippen LogP contribution >= 0.6 is 27.3 Å². The van der Waals surface area contributed by atoms with Crippen LogP contribution in [0, 0.1) is 5.92 Å². The summed E-state index contributed by atoms with van der Waals surface area (Å²) >= 11 is 5.12. The number of amides is 1. The molecule has 5 heteroatoms. The van der Waals surface area contributed by atoms with Crippen molar-refractivity contribution in [3.63, 3.8) is 0 Å². The van der Waals surface area contributed by atoms with Crippen molar-refractivity contribution < 1.29 is 4.79 Å². The monoisotopic (exact) mass is 332 g/mol. The third kappa shape index (κ3) is 4.71. The Kier molecular flexibility index (Phi) is 6.89. The van der Waals surface area contributed by atoms with E-state index in [4.69, 9.17) is 5.73 Å². The standard InChI is InChI=1S/C13H21BrN2OS/c1-3-10(8-15)7-13(17)16(4-2)9-11-5-6-12(14)18-11/h5-6,10H,3-4,7-9,15H2,1-2H3. The van der Waals surface area contributed by atoms with Gasteiger partial charge in [0.1, 0.15) is 0 Å². The molecular weight excluding hydrogens is 312 g/mol. The molecule has 2 N–H and O–H groups in total.